The second-order valence-corrected chi connectivity index (χ2v) is 9.99. The van der Waals surface area contributed by atoms with Gasteiger partial charge in [0, 0.05) is 16.3 Å². The van der Waals surface area contributed by atoms with Crippen LogP contribution in [0.15, 0.2) is 75.4 Å². The van der Waals surface area contributed by atoms with Gasteiger partial charge in [0.2, 0.25) is 10.0 Å². The molecule has 3 aromatic carbocycles. The van der Waals surface area contributed by atoms with E-state index >= 15 is 0 Å². The number of rotatable bonds is 5. The zero-order chi connectivity index (χ0) is 20.4. The molecule has 0 fully saturated rings. The zero-order valence-corrected chi connectivity index (χ0v) is 17.7. The number of hydrogen-bond acceptors (Lipinski definition) is 3. The van der Waals surface area contributed by atoms with Crippen LogP contribution >= 0.6 is 11.8 Å². The quantitative estimate of drug-likeness (QED) is 0.630. The highest BCUT2D eigenvalue weighted by atomic mass is 32.2. The van der Waals surface area contributed by atoms with Gasteiger partial charge in [-0.2, -0.15) is 0 Å². The van der Waals surface area contributed by atoms with Crippen LogP contribution in [0.5, 0.6) is 0 Å². The first-order valence-corrected chi connectivity index (χ1v) is 11.9. The van der Waals surface area contributed by atoms with Gasteiger partial charge in [0.15, 0.2) is 0 Å². The van der Waals surface area contributed by atoms with Gasteiger partial charge in [0.25, 0.3) is 0 Å². The van der Waals surface area contributed by atoms with Crippen molar-refractivity contribution < 1.29 is 12.8 Å². The number of fused-ring (bicyclic) bond motifs is 2. The summed E-state index contributed by atoms with van der Waals surface area (Å²) in [5, 5.41) is 0. The summed E-state index contributed by atoms with van der Waals surface area (Å²) in [7, 11) is -3.68. The van der Waals surface area contributed by atoms with Crippen LogP contribution < -0.4 is 4.72 Å². The molecule has 29 heavy (non-hydrogen) atoms. The maximum atomic E-state index is 13.8. The predicted molar refractivity (Wildman–Crippen MR) is 114 cm³/mol. The Morgan fingerprint density at radius 2 is 1.69 bits per heavy atom. The first-order valence-electron chi connectivity index (χ1n) is 9.56. The SMILES string of the molecule is Cc1cc2c(cc1S(=O)(=O)NCCc1ccccc1F)Sc1ccccc1CC2. The average molecular weight is 428 g/mol. The van der Waals surface area contributed by atoms with E-state index in [1.807, 2.05) is 25.1 Å². The van der Waals surface area contributed by atoms with Crippen molar-refractivity contribution in [3.8, 4) is 0 Å². The molecule has 0 aliphatic carbocycles. The summed E-state index contributed by atoms with van der Waals surface area (Å²) in [5.74, 6) is -0.317. The lowest BCUT2D eigenvalue weighted by atomic mass is 10.0. The molecule has 1 heterocycles. The average Bonchev–Trinajstić information content (AvgIpc) is 2.87. The van der Waals surface area contributed by atoms with E-state index in [1.165, 1.54) is 22.1 Å². The van der Waals surface area contributed by atoms with Crippen molar-refractivity contribution in [1.82, 2.24) is 4.72 Å². The zero-order valence-electron chi connectivity index (χ0n) is 16.1. The third kappa shape index (κ3) is 4.39. The molecular weight excluding hydrogens is 405 g/mol. The van der Waals surface area contributed by atoms with Gasteiger partial charge in [-0.05, 0) is 66.6 Å². The highest BCUT2D eigenvalue weighted by Gasteiger charge is 2.21. The summed E-state index contributed by atoms with van der Waals surface area (Å²) in [6, 6.07) is 18.4. The lowest BCUT2D eigenvalue weighted by Crippen LogP contribution is -2.27. The number of benzene rings is 3. The molecule has 6 heteroatoms. The molecule has 0 unspecified atom stereocenters. The Balaban J connectivity index is 1.57. The van der Waals surface area contributed by atoms with Crippen LogP contribution in [0.25, 0.3) is 0 Å². The third-order valence-corrected chi connectivity index (χ3v) is 7.97. The van der Waals surface area contributed by atoms with Gasteiger partial charge in [-0.3, -0.25) is 0 Å². The summed E-state index contributed by atoms with van der Waals surface area (Å²) < 4.78 is 42.3. The third-order valence-electron chi connectivity index (χ3n) is 5.15. The number of nitrogens with one attached hydrogen (secondary N) is 1. The molecule has 150 valence electrons. The van der Waals surface area contributed by atoms with Crippen LogP contribution in [0.2, 0.25) is 0 Å². The van der Waals surface area contributed by atoms with E-state index in [2.05, 4.69) is 16.9 Å². The van der Waals surface area contributed by atoms with Gasteiger partial charge in [-0.25, -0.2) is 17.5 Å². The van der Waals surface area contributed by atoms with E-state index in [0.29, 0.717) is 12.0 Å². The lowest BCUT2D eigenvalue weighted by molar-refractivity contribution is 0.576. The fraction of sp³-hybridized carbons (Fsp3) is 0.217. The normalized spacial score (nSPS) is 13.4. The maximum Gasteiger partial charge on any atom is 0.240 e. The van der Waals surface area contributed by atoms with Crippen LogP contribution in [0.4, 0.5) is 4.39 Å². The van der Waals surface area contributed by atoms with Gasteiger partial charge in [0.1, 0.15) is 5.82 Å². The standard InChI is InChI=1S/C23H22FNO2S2/c1-16-14-19-11-10-18-7-3-5-9-21(18)28-22(19)15-23(16)29(26,27)25-13-12-17-6-2-4-8-20(17)24/h2-9,14-15,25H,10-13H2,1H3. The number of sulfonamides is 1. The summed E-state index contributed by atoms with van der Waals surface area (Å²) in [6.07, 6.45) is 2.14. The molecular formula is C23H22FNO2S2. The van der Waals surface area contributed by atoms with E-state index in [-0.39, 0.29) is 17.3 Å². The van der Waals surface area contributed by atoms with Crippen molar-refractivity contribution >= 4 is 21.8 Å². The Morgan fingerprint density at radius 1 is 0.966 bits per heavy atom. The molecule has 0 aromatic heterocycles. The van der Waals surface area contributed by atoms with E-state index in [1.54, 1.807) is 36.0 Å². The van der Waals surface area contributed by atoms with E-state index < -0.39 is 10.0 Å². The highest BCUT2D eigenvalue weighted by molar-refractivity contribution is 7.99. The molecule has 4 rings (SSSR count). The molecule has 0 amide bonds. The van der Waals surface area contributed by atoms with Crippen LogP contribution in [-0.4, -0.2) is 15.0 Å². The van der Waals surface area contributed by atoms with E-state index in [9.17, 15) is 12.8 Å². The minimum absolute atomic E-state index is 0.149. The van der Waals surface area contributed by atoms with Gasteiger partial charge in [0.05, 0.1) is 4.90 Å². The van der Waals surface area contributed by atoms with Crippen molar-refractivity contribution in [2.75, 3.05) is 6.54 Å². The molecule has 0 radical (unpaired) electrons. The van der Waals surface area contributed by atoms with Crippen LogP contribution in [0.3, 0.4) is 0 Å². The minimum Gasteiger partial charge on any atom is -0.211 e. The Kier molecular flexibility index (Phi) is 5.76. The van der Waals surface area contributed by atoms with Gasteiger partial charge >= 0.3 is 0 Å². The molecule has 0 saturated carbocycles. The van der Waals surface area contributed by atoms with Gasteiger partial charge in [-0.15, -0.1) is 0 Å². The van der Waals surface area contributed by atoms with Crippen molar-refractivity contribution in [3.63, 3.8) is 0 Å². The Labute approximate surface area is 175 Å². The maximum absolute atomic E-state index is 13.8. The monoisotopic (exact) mass is 427 g/mol. The van der Waals surface area contributed by atoms with Crippen molar-refractivity contribution in [3.05, 3.63) is 88.7 Å². The fourth-order valence-corrected chi connectivity index (χ4v) is 6.12. The minimum atomic E-state index is -3.68. The Hall–Kier alpha value is -2.15. The molecule has 0 atom stereocenters. The Morgan fingerprint density at radius 3 is 2.52 bits per heavy atom. The second-order valence-electron chi connectivity index (χ2n) is 7.17. The molecule has 0 bridgehead atoms. The van der Waals surface area contributed by atoms with Crippen LogP contribution in [0, 0.1) is 12.7 Å². The Bertz CT molecular complexity index is 1160. The van der Waals surface area contributed by atoms with Crippen molar-refractivity contribution in [1.29, 1.82) is 0 Å². The van der Waals surface area contributed by atoms with Crippen molar-refractivity contribution in [2.24, 2.45) is 0 Å². The van der Waals surface area contributed by atoms with Crippen LogP contribution in [0.1, 0.15) is 22.3 Å². The molecule has 0 saturated heterocycles. The fourth-order valence-electron chi connectivity index (χ4n) is 3.61. The first kappa shape index (κ1) is 20.1. The van der Waals surface area contributed by atoms with Crippen molar-refractivity contribution in [2.45, 2.75) is 40.9 Å². The second kappa shape index (κ2) is 8.30. The number of halogens is 1. The molecule has 3 aromatic rings. The summed E-state index contributed by atoms with van der Waals surface area (Å²) in [4.78, 5) is 2.44. The number of aryl methyl sites for hydroxylation is 3. The highest BCUT2D eigenvalue weighted by Crippen LogP contribution is 2.39. The van der Waals surface area contributed by atoms with Crippen LogP contribution in [-0.2, 0) is 29.3 Å². The number of hydrogen-bond donors (Lipinski definition) is 1. The van der Waals surface area contributed by atoms with Gasteiger partial charge in [-0.1, -0.05) is 54.2 Å². The molecule has 1 aliphatic rings. The molecule has 1 aliphatic heterocycles. The summed E-state index contributed by atoms with van der Waals surface area (Å²) >= 11 is 1.62. The molecule has 1 N–H and O–H groups in total. The largest absolute Gasteiger partial charge is 0.240 e. The summed E-state index contributed by atoms with van der Waals surface area (Å²) in [5.41, 5.74) is 3.70. The summed E-state index contributed by atoms with van der Waals surface area (Å²) in [6.45, 7) is 1.98. The molecule has 0 spiro atoms. The lowest BCUT2D eigenvalue weighted by Gasteiger charge is -2.14. The van der Waals surface area contributed by atoms with Gasteiger partial charge < -0.3 is 0 Å². The predicted octanol–water partition coefficient (Wildman–Crippen LogP) is 4.90. The van der Waals surface area contributed by atoms with E-state index in [4.69, 9.17) is 0 Å². The molecule has 3 nitrogen and oxygen atoms in total. The first-order chi connectivity index (χ1) is 13.9. The van der Waals surface area contributed by atoms with E-state index in [0.717, 1.165) is 23.3 Å². The topological polar surface area (TPSA) is 46.2 Å². The smallest absolute Gasteiger partial charge is 0.211 e.